The van der Waals surface area contributed by atoms with Crippen molar-refractivity contribution in [2.45, 2.75) is 25.7 Å². The van der Waals surface area contributed by atoms with Crippen molar-refractivity contribution in [1.29, 1.82) is 0 Å². The summed E-state index contributed by atoms with van der Waals surface area (Å²) in [6, 6.07) is 3.20. The molecule has 1 aliphatic rings. The van der Waals surface area contributed by atoms with E-state index >= 15 is 0 Å². The molecular weight excluding hydrogens is 200 g/mol. The molecule has 0 amide bonds. The number of ketones is 1. The maximum absolute atomic E-state index is 11.6. The number of Topliss-reactive ketones (excluding diaryl/α,β-unsaturated/α-hetero) is 1. The molecule has 0 heterocycles. The van der Waals surface area contributed by atoms with Crippen molar-refractivity contribution < 1.29 is 9.90 Å². The van der Waals surface area contributed by atoms with E-state index in [-0.39, 0.29) is 16.6 Å². The van der Waals surface area contributed by atoms with Gasteiger partial charge in [-0.1, -0.05) is 11.6 Å². The number of rotatable bonds is 0. The third-order valence-corrected chi connectivity index (χ3v) is 2.88. The van der Waals surface area contributed by atoms with Gasteiger partial charge >= 0.3 is 0 Å². The largest absolute Gasteiger partial charge is 0.506 e. The summed E-state index contributed by atoms with van der Waals surface area (Å²) in [6.07, 6.45) is 3.37. The molecule has 14 heavy (non-hydrogen) atoms. The van der Waals surface area contributed by atoms with Gasteiger partial charge in [-0.25, -0.2) is 0 Å². The van der Waals surface area contributed by atoms with E-state index in [0.717, 1.165) is 24.8 Å². The quantitative estimate of drug-likeness (QED) is 0.669. The molecule has 1 aliphatic carbocycles. The van der Waals surface area contributed by atoms with Crippen LogP contribution in [0.15, 0.2) is 12.1 Å². The van der Waals surface area contributed by atoms with Gasteiger partial charge in [0.25, 0.3) is 0 Å². The average Bonchev–Trinajstić information content (AvgIpc) is 2.31. The van der Waals surface area contributed by atoms with Crippen LogP contribution >= 0.6 is 11.6 Å². The van der Waals surface area contributed by atoms with E-state index in [2.05, 4.69) is 0 Å². The highest BCUT2D eigenvalue weighted by Crippen LogP contribution is 2.30. The number of benzene rings is 1. The molecule has 0 aromatic heterocycles. The molecule has 0 saturated carbocycles. The predicted molar refractivity (Wildman–Crippen MR) is 55.0 cm³/mol. The van der Waals surface area contributed by atoms with Gasteiger partial charge in [0.2, 0.25) is 0 Å². The van der Waals surface area contributed by atoms with E-state index < -0.39 is 0 Å². The fourth-order valence-electron chi connectivity index (χ4n) is 1.81. The molecule has 1 aromatic carbocycles. The van der Waals surface area contributed by atoms with E-state index in [0.29, 0.717) is 12.0 Å². The number of carbonyl (C=O) groups is 1. The van der Waals surface area contributed by atoms with Crippen LogP contribution in [0, 0.1) is 0 Å². The normalized spacial score (nSPS) is 16.2. The third kappa shape index (κ3) is 1.62. The maximum Gasteiger partial charge on any atom is 0.163 e. The van der Waals surface area contributed by atoms with E-state index in [1.165, 1.54) is 0 Å². The summed E-state index contributed by atoms with van der Waals surface area (Å²) in [5.74, 6) is 0.208. The Bertz CT molecular complexity index is 385. The molecule has 0 unspecified atom stereocenters. The Labute approximate surface area is 87.5 Å². The minimum Gasteiger partial charge on any atom is -0.506 e. The lowest BCUT2D eigenvalue weighted by Crippen LogP contribution is -1.99. The molecule has 0 saturated heterocycles. The molecule has 2 rings (SSSR count). The van der Waals surface area contributed by atoms with Gasteiger partial charge in [0.15, 0.2) is 5.78 Å². The summed E-state index contributed by atoms with van der Waals surface area (Å²) in [5, 5.41) is 9.67. The van der Waals surface area contributed by atoms with Crippen LogP contribution in [0.2, 0.25) is 5.02 Å². The highest BCUT2D eigenvalue weighted by Gasteiger charge is 2.17. The monoisotopic (exact) mass is 210 g/mol. The third-order valence-electron chi connectivity index (χ3n) is 2.57. The Morgan fingerprint density at radius 1 is 1.21 bits per heavy atom. The number of aromatic hydroxyl groups is 1. The van der Waals surface area contributed by atoms with Crippen LogP contribution in [-0.4, -0.2) is 10.9 Å². The SMILES string of the molecule is O=C1CCCCc2cc(O)c(Cl)cc21. The minimum absolute atomic E-state index is 0.0696. The average molecular weight is 211 g/mol. The molecule has 0 spiro atoms. The Hall–Kier alpha value is -1.02. The molecule has 0 fully saturated rings. The number of halogens is 1. The van der Waals surface area contributed by atoms with Crippen molar-refractivity contribution in [3.8, 4) is 5.75 Å². The Morgan fingerprint density at radius 2 is 1.93 bits per heavy atom. The first-order valence-corrected chi connectivity index (χ1v) is 5.11. The standard InChI is InChI=1S/C11H11ClO2/c12-9-6-8-7(5-11(9)14)3-1-2-4-10(8)13/h5-6,14H,1-4H2. The zero-order valence-electron chi connectivity index (χ0n) is 7.72. The van der Waals surface area contributed by atoms with Crippen molar-refractivity contribution in [3.63, 3.8) is 0 Å². The van der Waals surface area contributed by atoms with Gasteiger partial charge in [-0.2, -0.15) is 0 Å². The Balaban J connectivity index is 2.54. The second-order valence-corrected chi connectivity index (χ2v) is 4.00. The fraction of sp³-hybridized carbons (Fsp3) is 0.364. The first kappa shape index (κ1) is 9.53. The van der Waals surface area contributed by atoms with E-state index in [9.17, 15) is 9.90 Å². The predicted octanol–water partition coefficient (Wildman–Crippen LogP) is 2.95. The van der Waals surface area contributed by atoms with E-state index in [4.69, 9.17) is 11.6 Å². The highest BCUT2D eigenvalue weighted by molar-refractivity contribution is 6.32. The zero-order valence-corrected chi connectivity index (χ0v) is 8.47. The first-order valence-electron chi connectivity index (χ1n) is 4.73. The number of phenols is 1. The van der Waals surface area contributed by atoms with E-state index in [1.54, 1.807) is 12.1 Å². The van der Waals surface area contributed by atoms with Crippen LogP contribution < -0.4 is 0 Å². The van der Waals surface area contributed by atoms with E-state index in [1.807, 2.05) is 0 Å². The van der Waals surface area contributed by atoms with Crippen LogP contribution in [0.5, 0.6) is 5.75 Å². The summed E-state index contributed by atoms with van der Waals surface area (Å²) in [7, 11) is 0. The number of phenolic OH excluding ortho intramolecular Hbond substituents is 1. The van der Waals surface area contributed by atoms with Crippen molar-refractivity contribution >= 4 is 17.4 Å². The van der Waals surface area contributed by atoms with Gasteiger partial charge < -0.3 is 5.11 Å². The van der Waals surface area contributed by atoms with Crippen LogP contribution in [0.1, 0.15) is 35.2 Å². The van der Waals surface area contributed by atoms with Gasteiger partial charge in [-0.05, 0) is 37.0 Å². The minimum atomic E-state index is 0.0696. The Kier molecular flexibility index (Phi) is 2.46. The summed E-state index contributed by atoms with van der Waals surface area (Å²) >= 11 is 5.76. The molecular formula is C11H11ClO2. The maximum atomic E-state index is 11.6. The van der Waals surface area contributed by atoms with Gasteiger partial charge in [0.1, 0.15) is 5.75 Å². The number of hydrogen-bond donors (Lipinski definition) is 1. The fourth-order valence-corrected chi connectivity index (χ4v) is 1.97. The lowest BCUT2D eigenvalue weighted by Gasteiger charge is -2.06. The molecule has 74 valence electrons. The Morgan fingerprint density at radius 3 is 2.71 bits per heavy atom. The second-order valence-electron chi connectivity index (χ2n) is 3.59. The summed E-state index contributed by atoms with van der Waals surface area (Å²) < 4.78 is 0. The molecule has 0 bridgehead atoms. The van der Waals surface area contributed by atoms with Gasteiger partial charge in [-0.15, -0.1) is 0 Å². The molecule has 3 heteroatoms. The summed E-state index contributed by atoms with van der Waals surface area (Å²) in [5.41, 5.74) is 1.61. The summed E-state index contributed by atoms with van der Waals surface area (Å²) in [4.78, 5) is 11.6. The van der Waals surface area contributed by atoms with Crippen LogP contribution in [-0.2, 0) is 6.42 Å². The topological polar surface area (TPSA) is 37.3 Å². The molecule has 0 atom stereocenters. The molecule has 1 aromatic rings. The molecule has 0 radical (unpaired) electrons. The molecule has 0 aliphatic heterocycles. The molecule has 2 nitrogen and oxygen atoms in total. The summed E-state index contributed by atoms with van der Waals surface area (Å²) in [6.45, 7) is 0. The highest BCUT2D eigenvalue weighted by atomic mass is 35.5. The lowest BCUT2D eigenvalue weighted by atomic mass is 10.0. The number of hydrogen-bond acceptors (Lipinski definition) is 2. The number of aryl methyl sites for hydroxylation is 1. The van der Waals surface area contributed by atoms with Gasteiger partial charge in [-0.3, -0.25) is 4.79 Å². The second kappa shape index (κ2) is 3.62. The van der Waals surface area contributed by atoms with Crippen molar-refractivity contribution in [2.75, 3.05) is 0 Å². The van der Waals surface area contributed by atoms with Crippen molar-refractivity contribution in [1.82, 2.24) is 0 Å². The van der Waals surface area contributed by atoms with Crippen molar-refractivity contribution in [2.24, 2.45) is 0 Å². The smallest absolute Gasteiger partial charge is 0.163 e. The zero-order chi connectivity index (χ0) is 10.1. The number of carbonyl (C=O) groups excluding carboxylic acids is 1. The van der Waals surface area contributed by atoms with Crippen molar-refractivity contribution in [3.05, 3.63) is 28.3 Å². The number of fused-ring (bicyclic) bond motifs is 1. The first-order chi connectivity index (χ1) is 6.68. The van der Waals surface area contributed by atoms with Crippen LogP contribution in [0.25, 0.3) is 0 Å². The van der Waals surface area contributed by atoms with Gasteiger partial charge in [0.05, 0.1) is 5.02 Å². The van der Waals surface area contributed by atoms with Crippen LogP contribution in [0.3, 0.4) is 0 Å². The molecule has 1 N–H and O–H groups in total. The van der Waals surface area contributed by atoms with Crippen LogP contribution in [0.4, 0.5) is 0 Å². The van der Waals surface area contributed by atoms with Gasteiger partial charge in [0, 0.05) is 12.0 Å². The lowest BCUT2D eigenvalue weighted by molar-refractivity contribution is 0.0982.